The number of amides is 1. The van der Waals surface area contributed by atoms with Crippen LogP contribution < -0.4 is 0 Å². The molecule has 0 N–H and O–H groups in total. The van der Waals surface area contributed by atoms with Crippen molar-refractivity contribution in [2.75, 3.05) is 19.7 Å². The topological polar surface area (TPSA) is 85.5 Å². The number of carbonyl (C=O) groups excluding carboxylic acids is 2. The average Bonchev–Trinajstić information content (AvgIpc) is 3.58. The summed E-state index contributed by atoms with van der Waals surface area (Å²) in [6.07, 6.45) is 1.64. The van der Waals surface area contributed by atoms with Crippen LogP contribution in [-0.2, 0) is 9.53 Å². The van der Waals surface area contributed by atoms with Crippen LogP contribution in [0.25, 0.3) is 22.2 Å². The maximum atomic E-state index is 12.7. The molecule has 1 aliphatic rings. The van der Waals surface area contributed by atoms with E-state index in [0.29, 0.717) is 24.5 Å². The van der Waals surface area contributed by atoms with Crippen molar-refractivity contribution < 1.29 is 18.8 Å². The number of ether oxygens (including phenoxy) is 1. The second-order valence-electron chi connectivity index (χ2n) is 8.21. The van der Waals surface area contributed by atoms with Crippen LogP contribution in [0.2, 0.25) is 0 Å². The van der Waals surface area contributed by atoms with Crippen LogP contribution in [-0.4, -0.2) is 46.6 Å². The number of nitrogens with zero attached hydrogens (tertiary/aromatic N) is 3. The third-order valence-corrected chi connectivity index (χ3v) is 7.00. The molecule has 1 fully saturated rings. The Balaban J connectivity index is 1.21. The lowest BCUT2D eigenvalue weighted by molar-refractivity contribution is -0.126. The number of piperidine rings is 1. The predicted octanol–water partition coefficient (Wildman–Crippen LogP) is 4.89. The molecule has 8 heteroatoms. The van der Waals surface area contributed by atoms with Crippen molar-refractivity contribution in [3.8, 4) is 23.3 Å². The molecule has 176 valence electrons. The molecule has 3 heterocycles. The van der Waals surface area contributed by atoms with Gasteiger partial charge >= 0.3 is 5.97 Å². The quantitative estimate of drug-likeness (QED) is 0.302. The van der Waals surface area contributed by atoms with Gasteiger partial charge in [0.1, 0.15) is 5.69 Å². The molecule has 4 aromatic rings. The summed E-state index contributed by atoms with van der Waals surface area (Å²) < 4.78 is 10.2. The summed E-state index contributed by atoms with van der Waals surface area (Å²) in [6.45, 7) is 3.29. The molecule has 35 heavy (non-hydrogen) atoms. The molecule has 0 spiro atoms. The molecule has 7 nitrogen and oxygen atoms in total. The molecule has 1 amide bonds. The molecule has 2 aromatic heterocycles. The monoisotopic (exact) mass is 485 g/mol. The molecule has 0 radical (unpaired) electrons. The van der Waals surface area contributed by atoms with Gasteiger partial charge < -0.3 is 14.2 Å². The summed E-state index contributed by atoms with van der Waals surface area (Å²) >= 11 is 1.55. The smallest absolute Gasteiger partial charge is 0.360 e. The number of carbonyl (C=O) groups is 2. The van der Waals surface area contributed by atoms with Gasteiger partial charge in [-0.1, -0.05) is 47.5 Å². The molecule has 0 saturated carbocycles. The van der Waals surface area contributed by atoms with Gasteiger partial charge in [-0.05, 0) is 36.6 Å². The largest absolute Gasteiger partial charge is 0.461 e. The maximum Gasteiger partial charge on any atom is 0.360 e. The van der Waals surface area contributed by atoms with E-state index >= 15 is 0 Å². The van der Waals surface area contributed by atoms with E-state index in [1.165, 1.54) is 0 Å². The second-order valence-corrected chi connectivity index (χ2v) is 9.10. The Bertz CT molecular complexity index is 1430. The molecule has 0 atom stereocenters. The first-order valence-electron chi connectivity index (χ1n) is 11.5. The van der Waals surface area contributed by atoms with Gasteiger partial charge in [0, 0.05) is 41.9 Å². The normalized spacial score (nSPS) is 13.9. The molecule has 1 saturated heterocycles. The molecule has 5 rings (SSSR count). The third-order valence-electron chi connectivity index (χ3n) is 5.99. The highest BCUT2D eigenvalue weighted by molar-refractivity contribution is 7.10. The third kappa shape index (κ3) is 4.96. The first-order chi connectivity index (χ1) is 17.1. The highest BCUT2D eigenvalue weighted by Crippen LogP contribution is 2.33. The maximum absolute atomic E-state index is 12.7. The van der Waals surface area contributed by atoms with Crippen LogP contribution in [0.15, 0.2) is 58.4 Å². The Hall–Kier alpha value is -3.96. The van der Waals surface area contributed by atoms with Crippen molar-refractivity contribution >= 4 is 34.0 Å². The van der Waals surface area contributed by atoms with Crippen LogP contribution in [0, 0.1) is 11.8 Å². The van der Waals surface area contributed by atoms with Crippen molar-refractivity contribution in [2.45, 2.75) is 25.7 Å². The minimum absolute atomic E-state index is 0.132. The Labute approximate surface area is 206 Å². The minimum atomic E-state index is -0.515. The standard InChI is InChI=1S/C27H23N3O4S/c1-2-33-27(32)22-16-24(34-29-22)23-17-35-26(28-23)20-12-14-30(15-13-20)25(31)11-10-19-8-5-7-18-6-3-4-9-21(18)19/h3-9,16-17,20H,2,12-15H2,1H3. The zero-order valence-corrected chi connectivity index (χ0v) is 20.0. The van der Waals surface area contributed by atoms with Gasteiger partial charge in [-0.15, -0.1) is 11.3 Å². The number of likely N-dealkylation sites (tertiary alicyclic amines) is 1. The summed E-state index contributed by atoms with van der Waals surface area (Å²) in [4.78, 5) is 31.0. The average molecular weight is 486 g/mol. The van der Waals surface area contributed by atoms with Crippen molar-refractivity contribution in [1.82, 2.24) is 15.0 Å². The number of benzene rings is 2. The van der Waals surface area contributed by atoms with Crippen LogP contribution >= 0.6 is 11.3 Å². The SMILES string of the molecule is CCOC(=O)c1cc(-c2csc(C3CCN(C(=O)C#Cc4cccc5ccccc45)CC3)n2)on1. The summed E-state index contributed by atoms with van der Waals surface area (Å²) in [7, 11) is 0. The molecule has 0 bridgehead atoms. The van der Waals surface area contributed by atoms with E-state index in [1.807, 2.05) is 52.7 Å². The summed E-state index contributed by atoms with van der Waals surface area (Å²) in [5.41, 5.74) is 1.64. The van der Waals surface area contributed by atoms with E-state index in [-0.39, 0.29) is 24.1 Å². The molecule has 0 aliphatic carbocycles. The fourth-order valence-corrected chi connectivity index (χ4v) is 5.13. The fraction of sp³-hybridized carbons (Fsp3) is 0.259. The highest BCUT2D eigenvalue weighted by Gasteiger charge is 2.26. The minimum Gasteiger partial charge on any atom is -0.461 e. The number of fused-ring (bicyclic) bond motifs is 1. The molecule has 2 aromatic carbocycles. The first-order valence-corrected chi connectivity index (χ1v) is 12.4. The lowest BCUT2D eigenvalue weighted by atomic mass is 9.97. The number of esters is 1. The van der Waals surface area contributed by atoms with E-state index in [1.54, 1.807) is 24.3 Å². The van der Waals surface area contributed by atoms with Crippen molar-refractivity contribution in [2.24, 2.45) is 0 Å². The molecular formula is C27H23N3O4S. The van der Waals surface area contributed by atoms with E-state index in [9.17, 15) is 9.59 Å². The van der Waals surface area contributed by atoms with Gasteiger partial charge in [-0.3, -0.25) is 4.79 Å². The van der Waals surface area contributed by atoms with Crippen molar-refractivity contribution in [3.63, 3.8) is 0 Å². The Morgan fingerprint density at radius 2 is 1.97 bits per heavy atom. The zero-order chi connectivity index (χ0) is 24.2. The van der Waals surface area contributed by atoms with Crippen LogP contribution in [0.5, 0.6) is 0 Å². The van der Waals surface area contributed by atoms with Crippen molar-refractivity contribution in [3.05, 3.63) is 70.2 Å². The van der Waals surface area contributed by atoms with Gasteiger partial charge in [-0.2, -0.15) is 0 Å². The predicted molar refractivity (Wildman–Crippen MR) is 133 cm³/mol. The number of aromatic nitrogens is 2. The Kier molecular flexibility index (Phi) is 6.59. The van der Waals surface area contributed by atoms with Crippen LogP contribution in [0.1, 0.15) is 46.7 Å². The summed E-state index contributed by atoms with van der Waals surface area (Å²) in [5, 5.41) is 8.83. The molecular weight excluding hydrogens is 462 g/mol. The number of hydrogen-bond donors (Lipinski definition) is 0. The van der Waals surface area contributed by atoms with Gasteiger partial charge in [-0.25, -0.2) is 9.78 Å². The summed E-state index contributed by atoms with van der Waals surface area (Å²) in [6, 6.07) is 15.5. The lowest BCUT2D eigenvalue weighted by Crippen LogP contribution is -2.37. The van der Waals surface area contributed by atoms with Gasteiger partial charge in [0.25, 0.3) is 5.91 Å². The highest BCUT2D eigenvalue weighted by atomic mass is 32.1. The number of thiazole rings is 1. The van der Waals surface area contributed by atoms with E-state index in [2.05, 4.69) is 17.0 Å². The second kappa shape index (κ2) is 10.1. The fourth-order valence-electron chi connectivity index (χ4n) is 4.15. The Morgan fingerprint density at radius 1 is 1.17 bits per heavy atom. The van der Waals surface area contributed by atoms with Crippen LogP contribution in [0.3, 0.4) is 0 Å². The van der Waals surface area contributed by atoms with E-state index < -0.39 is 5.97 Å². The Morgan fingerprint density at radius 3 is 2.80 bits per heavy atom. The lowest BCUT2D eigenvalue weighted by Gasteiger charge is -2.29. The van der Waals surface area contributed by atoms with E-state index in [0.717, 1.165) is 34.2 Å². The van der Waals surface area contributed by atoms with Gasteiger partial charge in [0.2, 0.25) is 0 Å². The van der Waals surface area contributed by atoms with Crippen molar-refractivity contribution in [1.29, 1.82) is 0 Å². The van der Waals surface area contributed by atoms with E-state index in [4.69, 9.17) is 14.2 Å². The summed E-state index contributed by atoms with van der Waals surface area (Å²) in [5.74, 6) is 5.93. The van der Waals surface area contributed by atoms with Gasteiger partial charge in [0.15, 0.2) is 11.5 Å². The van der Waals surface area contributed by atoms with Gasteiger partial charge in [0.05, 0.1) is 11.6 Å². The molecule has 1 aliphatic heterocycles. The first kappa shape index (κ1) is 22.8. The number of hydrogen-bond acceptors (Lipinski definition) is 7. The molecule has 0 unspecified atom stereocenters. The van der Waals surface area contributed by atoms with Crippen LogP contribution in [0.4, 0.5) is 0 Å². The number of rotatable bonds is 4. The zero-order valence-electron chi connectivity index (χ0n) is 19.2.